The van der Waals surface area contributed by atoms with Crippen molar-refractivity contribution in [3.05, 3.63) is 0 Å². The summed E-state index contributed by atoms with van der Waals surface area (Å²) in [5.74, 6) is -0.556. The lowest BCUT2D eigenvalue weighted by atomic mass is 10.0. The molecule has 1 unspecified atom stereocenters. The van der Waals surface area contributed by atoms with Crippen molar-refractivity contribution in [2.75, 3.05) is 39.5 Å². The predicted molar refractivity (Wildman–Crippen MR) is 278 cm³/mol. The summed E-state index contributed by atoms with van der Waals surface area (Å²) in [4.78, 5) is 39.7. The van der Waals surface area contributed by atoms with E-state index in [2.05, 4.69) is 29.8 Å². The first-order valence-electron chi connectivity index (χ1n) is 28.2. The van der Waals surface area contributed by atoms with Gasteiger partial charge in [-0.3, -0.25) is 9.59 Å². The van der Waals surface area contributed by atoms with Gasteiger partial charge in [0.2, 0.25) is 11.8 Å². The maximum absolute atomic E-state index is 13.5. The number of unbranched alkanes of at least 4 members (excludes halogenated alkanes) is 29. The summed E-state index contributed by atoms with van der Waals surface area (Å²) in [6, 6.07) is -0.922. The van der Waals surface area contributed by atoms with Crippen LogP contribution in [0.3, 0.4) is 0 Å². The standard InChI is InChI=1S/C56H111N3O7/c1-9-12-14-16-18-20-22-24-26-28-30-32-34-36-38-40-42-50(41-39-37-35-33-31-29-27-25-23-21-19-17-15-13-10-2)66-54(62)59-51(43-44-52(60)57-45-47-63-11-3)53(61)58-46-48-64-56(7,8)49-65-55(4,5)6/h50-51H,9-49H2,1-8H3,(H,57,60)(H,58,61)(H,59,62)/t50?,51-/m1/s1. The average Bonchev–Trinajstić information content (AvgIpc) is 3.28. The molecule has 3 amide bonds. The van der Waals surface area contributed by atoms with Gasteiger partial charge >= 0.3 is 6.09 Å². The monoisotopic (exact) mass is 938 g/mol. The Labute approximate surface area is 408 Å². The summed E-state index contributed by atoms with van der Waals surface area (Å²) < 4.78 is 23.4. The van der Waals surface area contributed by atoms with Crippen molar-refractivity contribution < 1.29 is 33.3 Å². The molecule has 10 heteroatoms. The lowest BCUT2D eigenvalue weighted by Crippen LogP contribution is -2.49. The van der Waals surface area contributed by atoms with Gasteiger partial charge in [0.1, 0.15) is 12.1 Å². The Morgan fingerprint density at radius 1 is 0.470 bits per heavy atom. The molecule has 2 atom stereocenters. The van der Waals surface area contributed by atoms with Crippen LogP contribution in [0.15, 0.2) is 0 Å². The zero-order chi connectivity index (χ0) is 48.8. The molecule has 0 aromatic heterocycles. The van der Waals surface area contributed by atoms with Crippen LogP contribution in [-0.2, 0) is 28.5 Å². The second kappa shape index (κ2) is 45.5. The molecule has 0 saturated heterocycles. The van der Waals surface area contributed by atoms with Gasteiger partial charge in [-0.2, -0.15) is 0 Å². The molecule has 0 radical (unpaired) electrons. The van der Waals surface area contributed by atoms with Gasteiger partial charge in [0.05, 0.1) is 31.0 Å². The van der Waals surface area contributed by atoms with E-state index in [1.165, 1.54) is 173 Å². The molecule has 10 nitrogen and oxygen atoms in total. The van der Waals surface area contributed by atoms with Gasteiger partial charge in [0.15, 0.2) is 0 Å². The molecular formula is C56H111N3O7. The topological polar surface area (TPSA) is 124 Å². The molecule has 0 aliphatic carbocycles. The Morgan fingerprint density at radius 3 is 1.26 bits per heavy atom. The van der Waals surface area contributed by atoms with Gasteiger partial charge < -0.3 is 34.9 Å². The Bertz CT molecular complexity index is 1100. The maximum atomic E-state index is 13.5. The average molecular weight is 939 g/mol. The minimum atomic E-state index is -0.922. The van der Waals surface area contributed by atoms with Gasteiger partial charge in [-0.1, -0.05) is 200 Å². The van der Waals surface area contributed by atoms with Crippen molar-refractivity contribution in [2.45, 2.75) is 303 Å². The molecule has 0 aliphatic rings. The second-order valence-corrected chi connectivity index (χ2v) is 20.9. The van der Waals surface area contributed by atoms with Crippen molar-refractivity contribution in [1.29, 1.82) is 0 Å². The van der Waals surface area contributed by atoms with Gasteiger partial charge in [-0.15, -0.1) is 0 Å². The van der Waals surface area contributed by atoms with Crippen molar-refractivity contribution >= 4 is 17.9 Å². The fourth-order valence-electron chi connectivity index (χ4n) is 8.35. The minimum absolute atomic E-state index is 0.0832. The first-order valence-corrected chi connectivity index (χ1v) is 28.2. The van der Waals surface area contributed by atoms with E-state index in [0.717, 1.165) is 38.5 Å². The molecular weight excluding hydrogens is 827 g/mol. The van der Waals surface area contributed by atoms with Crippen LogP contribution in [0.5, 0.6) is 0 Å². The quantitative estimate of drug-likeness (QED) is 0.0519. The highest BCUT2D eigenvalue weighted by atomic mass is 16.6. The smallest absolute Gasteiger partial charge is 0.408 e. The maximum Gasteiger partial charge on any atom is 0.408 e. The number of amides is 3. The molecule has 0 saturated carbocycles. The van der Waals surface area contributed by atoms with E-state index in [9.17, 15) is 14.4 Å². The summed E-state index contributed by atoms with van der Waals surface area (Å²) >= 11 is 0. The van der Waals surface area contributed by atoms with Crippen molar-refractivity contribution in [3.8, 4) is 0 Å². The predicted octanol–water partition coefficient (Wildman–Crippen LogP) is 15.0. The number of hydrogen-bond donors (Lipinski definition) is 3. The summed E-state index contributed by atoms with van der Waals surface area (Å²) in [5, 5.41) is 8.60. The zero-order valence-electron chi connectivity index (χ0n) is 45.0. The molecule has 0 aromatic rings. The summed E-state index contributed by atoms with van der Waals surface area (Å²) in [5.41, 5.74) is -0.818. The summed E-state index contributed by atoms with van der Waals surface area (Å²) in [6.45, 7) is 18.8. The third-order valence-corrected chi connectivity index (χ3v) is 12.6. The van der Waals surface area contributed by atoms with E-state index in [0.29, 0.717) is 26.4 Å². The molecule has 392 valence electrons. The van der Waals surface area contributed by atoms with E-state index in [1.54, 1.807) is 0 Å². The zero-order valence-corrected chi connectivity index (χ0v) is 45.0. The number of nitrogens with one attached hydrogen (secondary N) is 3. The SMILES string of the molecule is CCCCCCCCCCCCCCCCCCC(CCCCCCCCCCCCCCCCC)OC(=O)N[C@H](CCC(=O)NCCOCC)C(=O)NCCOC(C)(C)COC(C)(C)C. The molecule has 0 aliphatic heterocycles. The molecule has 0 spiro atoms. The molecule has 0 heterocycles. The van der Waals surface area contributed by atoms with Crippen LogP contribution in [-0.4, -0.2) is 80.8 Å². The van der Waals surface area contributed by atoms with Gasteiger partial charge in [-0.25, -0.2) is 4.79 Å². The number of carbonyl (C=O) groups is 3. The number of alkyl carbamates (subject to hydrolysis) is 1. The van der Waals surface area contributed by atoms with Crippen LogP contribution in [0.25, 0.3) is 0 Å². The molecule has 0 aromatic carbocycles. The van der Waals surface area contributed by atoms with Gasteiger partial charge in [0, 0.05) is 26.1 Å². The molecule has 3 N–H and O–H groups in total. The van der Waals surface area contributed by atoms with Crippen LogP contribution in [0.1, 0.15) is 280 Å². The highest BCUT2D eigenvalue weighted by Crippen LogP contribution is 2.20. The Kier molecular flexibility index (Phi) is 44.2. The van der Waals surface area contributed by atoms with Gasteiger partial charge in [0.25, 0.3) is 0 Å². The number of rotatable bonds is 49. The van der Waals surface area contributed by atoms with Crippen molar-refractivity contribution in [3.63, 3.8) is 0 Å². The summed E-state index contributed by atoms with van der Waals surface area (Å²) in [6.07, 6.45) is 42.0. The van der Waals surface area contributed by atoms with E-state index < -0.39 is 17.7 Å². The Balaban J connectivity index is 5.09. The Morgan fingerprint density at radius 2 is 0.864 bits per heavy atom. The Hall–Kier alpha value is -1.91. The van der Waals surface area contributed by atoms with Crippen LogP contribution >= 0.6 is 0 Å². The molecule has 66 heavy (non-hydrogen) atoms. The first kappa shape index (κ1) is 64.1. The number of ether oxygens (including phenoxy) is 4. The lowest BCUT2D eigenvalue weighted by molar-refractivity contribution is -0.126. The van der Waals surface area contributed by atoms with Crippen LogP contribution < -0.4 is 16.0 Å². The first-order chi connectivity index (χ1) is 31.8. The van der Waals surface area contributed by atoms with E-state index in [4.69, 9.17) is 18.9 Å². The van der Waals surface area contributed by atoms with Crippen LogP contribution in [0, 0.1) is 0 Å². The van der Waals surface area contributed by atoms with E-state index in [1.807, 2.05) is 41.5 Å². The third kappa shape index (κ3) is 45.9. The molecule has 0 rings (SSSR count). The van der Waals surface area contributed by atoms with Crippen LogP contribution in [0.2, 0.25) is 0 Å². The normalized spacial score (nSPS) is 12.8. The van der Waals surface area contributed by atoms with Crippen molar-refractivity contribution in [2.24, 2.45) is 0 Å². The van der Waals surface area contributed by atoms with Crippen LogP contribution in [0.4, 0.5) is 4.79 Å². The highest BCUT2D eigenvalue weighted by Gasteiger charge is 2.26. The number of carbonyl (C=O) groups excluding carboxylic acids is 3. The largest absolute Gasteiger partial charge is 0.446 e. The van der Waals surface area contributed by atoms with E-state index >= 15 is 0 Å². The van der Waals surface area contributed by atoms with Gasteiger partial charge in [-0.05, 0) is 73.6 Å². The fourth-order valence-corrected chi connectivity index (χ4v) is 8.35. The summed E-state index contributed by atoms with van der Waals surface area (Å²) in [7, 11) is 0. The van der Waals surface area contributed by atoms with E-state index in [-0.39, 0.29) is 49.5 Å². The fraction of sp³-hybridized carbons (Fsp3) is 0.946. The third-order valence-electron chi connectivity index (χ3n) is 12.6. The minimum Gasteiger partial charge on any atom is -0.446 e. The number of hydrogen-bond acceptors (Lipinski definition) is 7. The highest BCUT2D eigenvalue weighted by molar-refractivity contribution is 5.86. The lowest BCUT2D eigenvalue weighted by Gasteiger charge is -2.30. The second-order valence-electron chi connectivity index (χ2n) is 20.9. The molecule has 0 bridgehead atoms. The van der Waals surface area contributed by atoms with Crippen molar-refractivity contribution in [1.82, 2.24) is 16.0 Å². The molecule has 0 fully saturated rings.